The third-order valence-electron chi connectivity index (χ3n) is 6.20. The minimum atomic E-state index is 0.104. The van der Waals surface area contributed by atoms with E-state index in [-0.39, 0.29) is 11.0 Å². The molecule has 24 heavy (non-hydrogen) atoms. The number of hydrogen-bond donors (Lipinski definition) is 1. The summed E-state index contributed by atoms with van der Waals surface area (Å²) in [5.41, 5.74) is 5.43. The monoisotopic (exact) mass is 338 g/mol. The summed E-state index contributed by atoms with van der Waals surface area (Å²) in [6.45, 7) is 29.3. The van der Waals surface area contributed by atoms with Gasteiger partial charge in [0.15, 0.2) is 0 Å². The van der Waals surface area contributed by atoms with Gasteiger partial charge in [-0.15, -0.1) is 6.58 Å². The molecule has 2 nitrogen and oxygen atoms in total. The highest BCUT2D eigenvalue weighted by Gasteiger charge is 2.50. The Kier molecular flexibility index (Phi) is 7.80. The molecule has 1 aliphatic rings. The molecule has 0 saturated carbocycles. The van der Waals surface area contributed by atoms with E-state index in [1.807, 2.05) is 0 Å². The number of nitrogens with two attached hydrogens (primary N) is 1. The van der Waals surface area contributed by atoms with E-state index < -0.39 is 0 Å². The van der Waals surface area contributed by atoms with Crippen molar-refractivity contribution in [3.63, 3.8) is 0 Å². The predicted octanol–water partition coefficient (Wildman–Crippen LogP) is 5.72. The van der Waals surface area contributed by atoms with Crippen molar-refractivity contribution in [2.75, 3.05) is 13.6 Å². The molecule has 0 radical (unpaired) electrons. The van der Waals surface area contributed by atoms with E-state index in [4.69, 9.17) is 0 Å². The quantitative estimate of drug-likeness (QED) is 0.649. The molecule has 1 heterocycles. The van der Waals surface area contributed by atoms with Crippen molar-refractivity contribution in [2.45, 2.75) is 93.7 Å². The Hall–Kier alpha value is -0.340. The molecule has 0 amide bonds. The van der Waals surface area contributed by atoms with E-state index in [2.05, 4.69) is 92.5 Å². The molecular weight excluding hydrogens is 292 g/mol. The molecule has 2 unspecified atom stereocenters. The van der Waals surface area contributed by atoms with Crippen LogP contribution < -0.4 is 5.73 Å². The lowest BCUT2D eigenvalue weighted by atomic mass is 9.68. The Morgan fingerprint density at radius 2 is 1.46 bits per heavy atom. The lowest BCUT2D eigenvalue weighted by Gasteiger charge is -2.53. The molecule has 1 saturated heterocycles. The van der Waals surface area contributed by atoms with Crippen LogP contribution in [0, 0.1) is 22.2 Å². The summed E-state index contributed by atoms with van der Waals surface area (Å²) in [4.78, 5) is 2.80. The highest BCUT2D eigenvalue weighted by atomic mass is 15.3. The first-order valence-corrected chi connectivity index (χ1v) is 9.62. The van der Waals surface area contributed by atoms with Crippen LogP contribution >= 0.6 is 0 Å². The van der Waals surface area contributed by atoms with Gasteiger partial charge in [-0.3, -0.25) is 4.90 Å². The Labute approximate surface area is 153 Å². The first kappa shape index (κ1) is 23.7. The zero-order valence-electron chi connectivity index (χ0n) is 18.6. The second kappa shape index (κ2) is 7.91. The van der Waals surface area contributed by atoms with Gasteiger partial charge in [0.2, 0.25) is 0 Å². The SMILES string of the molecule is C=CC(C)(C)C(C)(C)N1CC(C)CC1C(C)(C)CC(C)(C)C.CN. The van der Waals surface area contributed by atoms with Gasteiger partial charge in [-0.25, -0.2) is 0 Å². The van der Waals surface area contributed by atoms with Crippen LogP contribution in [0.1, 0.15) is 82.1 Å². The Morgan fingerprint density at radius 1 is 1.00 bits per heavy atom. The zero-order chi connectivity index (χ0) is 19.6. The molecule has 0 aromatic heterocycles. The van der Waals surface area contributed by atoms with E-state index in [1.165, 1.54) is 26.4 Å². The number of hydrogen-bond acceptors (Lipinski definition) is 2. The van der Waals surface area contributed by atoms with Crippen molar-refractivity contribution in [2.24, 2.45) is 27.9 Å². The van der Waals surface area contributed by atoms with Crippen LogP contribution in [0.4, 0.5) is 0 Å². The summed E-state index contributed by atoms with van der Waals surface area (Å²) < 4.78 is 0. The van der Waals surface area contributed by atoms with Gasteiger partial charge in [-0.2, -0.15) is 0 Å². The van der Waals surface area contributed by atoms with Gasteiger partial charge in [0, 0.05) is 23.5 Å². The normalized spacial score (nSPS) is 23.7. The van der Waals surface area contributed by atoms with Gasteiger partial charge in [0.25, 0.3) is 0 Å². The van der Waals surface area contributed by atoms with Gasteiger partial charge in [0.05, 0.1) is 0 Å². The molecule has 1 fully saturated rings. The number of nitrogens with zero attached hydrogens (tertiary/aromatic N) is 1. The standard InChI is InChI=1S/C21H41N.CH5N/c1-12-20(8,9)21(10,11)22-14-16(2)13-17(22)19(6,7)15-18(3,4)5;1-2/h12,16-17H,1,13-15H2,2-11H3;2H2,1H3. The maximum atomic E-state index is 4.50. The number of likely N-dealkylation sites (tertiary alicyclic amines) is 1. The highest BCUT2D eigenvalue weighted by molar-refractivity contribution is 5.09. The minimum Gasteiger partial charge on any atom is -0.333 e. The Morgan fingerprint density at radius 3 is 1.83 bits per heavy atom. The smallest absolute Gasteiger partial charge is 0.0241 e. The molecule has 2 heteroatoms. The molecule has 2 atom stereocenters. The van der Waals surface area contributed by atoms with Crippen LogP contribution in [0.15, 0.2) is 12.7 Å². The molecule has 1 aliphatic heterocycles. The van der Waals surface area contributed by atoms with Crippen LogP contribution in [0.5, 0.6) is 0 Å². The van der Waals surface area contributed by atoms with Crippen molar-refractivity contribution < 1.29 is 0 Å². The van der Waals surface area contributed by atoms with Crippen molar-refractivity contribution in [3.8, 4) is 0 Å². The third kappa shape index (κ3) is 5.33. The van der Waals surface area contributed by atoms with Gasteiger partial charge in [-0.05, 0) is 50.5 Å². The van der Waals surface area contributed by atoms with Crippen LogP contribution in [0.25, 0.3) is 0 Å². The lowest BCUT2D eigenvalue weighted by Crippen LogP contribution is -2.58. The van der Waals surface area contributed by atoms with Gasteiger partial charge in [0.1, 0.15) is 0 Å². The average molecular weight is 339 g/mol. The average Bonchev–Trinajstić information content (AvgIpc) is 2.82. The zero-order valence-corrected chi connectivity index (χ0v) is 18.6. The Balaban J connectivity index is 0.00000254. The van der Waals surface area contributed by atoms with Gasteiger partial charge >= 0.3 is 0 Å². The van der Waals surface area contributed by atoms with Gasteiger partial charge in [-0.1, -0.05) is 61.5 Å². The fourth-order valence-electron chi connectivity index (χ4n) is 4.51. The van der Waals surface area contributed by atoms with Crippen LogP contribution in [-0.4, -0.2) is 30.1 Å². The summed E-state index contributed by atoms with van der Waals surface area (Å²) in [7, 11) is 1.50. The molecule has 1 rings (SSSR count). The summed E-state index contributed by atoms with van der Waals surface area (Å²) in [5.74, 6) is 0.782. The second-order valence-electron chi connectivity index (χ2n) is 10.7. The fourth-order valence-corrected chi connectivity index (χ4v) is 4.51. The molecular formula is C22H46N2. The third-order valence-corrected chi connectivity index (χ3v) is 6.20. The minimum absolute atomic E-state index is 0.104. The lowest BCUT2D eigenvalue weighted by molar-refractivity contribution is -0.0244. The van der Waals surface area contributed by atoms with E-state index in [0.717, 1.165) is 5.92 Å². The maximum Gasteiger partial charge on any atom is 0.0241 e. The number of rotatable bonds is 5. The second-order valence-corrected chi connectivity index (χ2v) is 10.7. The summed E-state index contributed by atoms with van der Waals surface area (Å²) >= 11 is 0. The first-order chi connectivity index (χ1) is 10.6. The highest BCUT2D eigenvalue weighted by Crippen LogP contribution is 2.49. The van der Waals surface area contributed by atoms with Crippen molar-refractivity contribution in [1.82, 2.24) is 4.90 Å². The fraction of sp³-hybridized carbons (Fsp3) is 0.909. The van der Waals surface area contributed by atoms with Crippen molar-refractivity contribution >= 4 is 0 Å². The van der Waals surface area contributed by atoms with Crippen LogP contribution in [0.3, 0.4) is 0 Å². The topological polar surface area (TPSA) is 29.3 Å². The molecule has 0 bridgehead atoms. The first-order valence-electron chi connectivity index (χ1n) is 9.62. The van der Waals surface area contributed by atoms with Gasteiger partial charge < -0.3 is 5.73 Å². The Bertz CT molecular complexity index is 399. The maximum absolute atomic E-state index is 4.50. The largest absolute Gasteiger partial charge is 0.333 e. The molecule has 0 aromatic rings. The summed E-state index contributed by atoms with van der Waals surface area (Å²) in [6, 6.07) is 0.649. The van der Waals surface area contributed by atoms with Crippen LogP contribution in [-0.2, 0) is 0 Å². The van der Waals surface area contributed by atoms with Crippen molar-refractivity contribution in [1.29, 1.82) is 0 Å². The summed E-state index contributed by atoms with van der Waals surface area (Å²) in [6.07, 6.45) is 4.72. The molecule has 0 aromatic carbocycles. The molecule has 2 N–H and O–H groups in total. The predicted molar refractivity (Wildman–Crippen MR) is 110 cm³/mol. The molecule has 144 valence electrons. The van der Waals surface area contributed by atoms with E-state index in [9.17, 15) is 0 Å². The van der Waals surface area contributed by atoms with E-state index in [1.54, 1.807) is 0 Å². The molecule has 0 spiro atoms. The van der Waals surface area contributed by atoms with E-state index in [0.29, 0.717) is 16.9 Å². The van der Waals surface area contributed by atoms with E-state index >= 15 is 0 Å². The molecule has 0 aliphatic carbocycles. The van der Waals surface area contributed by atoms with Crippen LogP contribution in [0.2, 0.25) is 0 Å². The summed E-state index contributed by atoms with van der Waals surface area (Å²) in [5, 5.41) is 0. The van der Waals surface area contributed by atoms with Crippen molar-refractivity contribution in [3.05, 3.63) is 12.7 Å².